The van der Waals surface area contributed by atoms with Gasteiger partial charge in [0.05, 0.1) is 0 Å². The van der Waals surface area contributed by atoms with Crippen LogP contribution in [0.25, 0.3) is 0 Å². The van der Waals surface area contributed by atoms with Gasteiger partial charge in [-0.3, -0.25) is 9.59 Å². The minimum absolute atomic E-state index is 0.288. The number of alkyl halides is 2. The third kappa shape index (κ3) is 3.82. The number of carbonyl (C=O) groups excluding carboxylic acids is 2. The van der Waals surface area contributed by atoms with Crippen LogP contribution in [0.5, 0.6) is 0 Å². The van der Waals surface area contributed by atoms with Crippen LogP contribution in [0.15, 0.2) is 53.4 Å². The molecule has 25 heavy (non-hydrogen) atoms. The van der Waals surface area contributed by atoms with Crippen molar-refractivity contribution in [2.24, 2.45) is 5.73 Å². The highest BCUT2D eigenvalue weighted by Crippen LogP contribution is 2.27. The van der Waals surface area contributed by atoms with Gasteiger partial charge in [0.25, 0.3) is 11.7 Å². The summed E-state index contributed by atoms with van der Waals surface area (Å²) in [5.41, 5.74) is 7.80. The van der Waals surface area contributed by atoms with Crippen LogP contribution in [0.3, 0.4) is 0 Å². The van der Waals surface area contributed by atoms with E-state index in [1.54, 1.807) is 0 Å². The number of hydrogen-bond donors (Lipinski definition) is 1. The highest BCUT2D eigenvalue weighted by atomic mass is 32.2. The fourth-order valence-corrected chi connectivity index (χ4v) is 3.43. The van der Waals surface area contributed by atoms with Gasteiger partial charge in [0.2, 0.25) is 5.91 Å². The predicted molar refractivity (Wildman–Crippen MR) is 91.3 cm³/mol. The molecule has 7 heteroatoms. The first-order valence-electron chi connectivity index (χ1n) is 7.67. The first-order valence-corrected chi connectivity index (χ1v) is 8.55. The smallest absolute Gasteiger partial charge is 0.288 e. The van der Waals surface area contributed by atoms with Crippen molar-refractivity contribution in [2.75, 3.05) is 0 Å². The number of thioether (sulfide) groups is 1. The summed E-state index contributed by atoms with van der Waals surface area (Å²) in [6.45, 7) is 0.288. The van der Waals surface area contributed by atoms with E-state index in [9.17, 15) is 18.4 Å². The zero-order valence-corrected chi connectivity index (χ0v) is 14.0. The molecule has 1 aliphatic rings. The number of rotatable bonds is 4. The molecule has 3 rings (SSSR count). The van der Waals surface area contributed by atoms with Gasteiger partial charge in [-0.1, -0.05) is 36.0 Å². The molecule has 2 aromatic carbocycles. The van der Waals surface area contributed by atoms with Gasteiger partial charge in [0, 0.05) is 23.4 Å². The molecule has 1 atom stereocenters. The predicted octanol–water partition coefficient (Wildman–Crippen LogP) is 3.05. The lowest BCUT2D eigenvalue weighted by Crippen LogP contribution is -2.51. The van der Waals surface area contributed by atoms with Crippen molar-refractivity contribution in [3.8, 4) is 0 Å². The SMILES string of the molecule is NC(=O)[C@@H]1Cc2ccccc2CN1C(=O)c1ccc(SC(F)F)cc1. The van der Waals surface area contributed by atoms with Gasteiger partial charge in [-0.2, -0.15) is 8.78 Å². The number of halogens is 2. The minimum atomic E-state index is -2.51. The number of primary amides is 1. The second-order valence-electron chi connectivity index (χ2n) is 5.73. The number of hydrogen-bond acceptors (Lipinski definition) is 3. The monoisotopic (exact) mass is 362 g/mol. The Morgan fingerprint density at radius 3 is 2.32 bits per heavy atom. The zero-order chi connectivity index (χ0) is 18.0. The third-order valence-corrected chi connectivity index (χ3v) is 4.89. The van der Waals surface area contributed by atoms with Crippen molar-refractivity contribution < 1.29 is 18.4 Å². The van der Waals surface area contributed by atoms with Gasteiger partial charge < -0.3 is 10.6 Å². The minimum Gasteiger partial charge on any atom is -0.368 e. The molecule has 0 aromatic heterocycles. The van der Waals surface area contributed by atoms with Crippen LogP contribution in [0.4, 0.5) is 8.78 Å². The molecular weight excluding hydrogens is 346 g/mol. The Balaban J connectivity index is 1.85. The van der Waals surface area contributed by atoms with E-state index in [2.05, 4.69) is 0 Å². The van der Waals surface area contributed by atoms with E-state index in [1.165, 1.54) is 29.2 Å². The summed E-state index contributed by atoms with van der Waals surface area (Å²) in [5.74, 6) is -3.42. The van der Waals surface area contributed by atoms with Crippen LogP contribution in [0.2, 0.25) is 0 Å². The van der Waals surface area contributed by atoms with Crippen molar-refractivity contribution in [2.45, 2.75) is 29.7 Å². The molecular formula is C18H16F2N2O2S. The third-order valence-electron chi connectivity index (χ3n) is 4.16. The molecule has 0 saturated carbocycles. The highest BCUT2D eigenvalue weighted by Gasteiger charge is 2.33. The normalized spacial score (nSPS) is 16.6. The number of nitrogens with zero attached hydrogens (tertiary/aromatic N) is 1. The quantitative estimate of drug-likeness (QED) is 0.851. The van der Waals surface area contributed by atoms with E-state index in [-0.39, 0.29) is 12.5 Å². The fourth-order valence-electron chi connectivity index (χ4n) is 2.94. The average Bonchev–Trinajstić information content (AvgIpc) is 2.60. The summed E-state index contributed by atoms with van der Waals surface area (Å²) < 4.78 is 24.8. The molecule has 0 aliphatic carbocycles. The number of nitrogens with two attached hydrogens (primary N) is 1. The molecule has 1 heterocycles. The van der Waals surface area contributed by atoms with E-state index in [0.29, 0.717) is 28.6 Å². The molecule has 4 nitrogen and oxygen atoms in total. The average molecular weight is 362 g/mol. The molecule has 2 N–H and O–H groups in total. The van der Waals surface area contributed by atoms with Gasteiger partial charge >= 0.3 is 0 Å². The Morgan fingerprint density at radius 2 is 1.72 bits per heavy atom. The van der Waals surface area contributed by atoms with Crippen molar-refractivity contribution >= 4 is 23.6 Å². The van der Waals surface area contributed by atoms with Crippen LogP contribution in [0.1, 0.15) is 21.5 Å². The zero-order valence-electron chi connectivity index (χ0n) is 13.2. The summed E-state index contributed by atoms with van der Waals surface area (Å²) >= 11 is 0.418. The van der Waals surface area contributed by atoms with Crippen LogP contribution in [-0.4, -0.2) is 28.5 Å². The Labute approximate surface area is 148 Å². The summed E-state index contributed by atoms with van der Waals surface area (Å²) in [6, 6.07) is 12.8. The molecule has 0 saturated heterocycles. The van der Waals surface area contributed by atoms with Gasteiger partial charge in [0.1, 0.15) is 6.04 Å². The second-order valence-corrected chi connectivity index (χ2v) is 6.79. The standard InChI is InChI=1S/C18H16F2N2O2S/c19-18(20)25-14-7-5-11(6-8-14)17(24)22-10-13-4-2-1-3-12(13)9-15(22)16(21)23/h1-8,15,18H,9-10H2,(H2,21,23)/t15-/m0/s1. The van der Waals surface area contributed by atoms with Crippen LogP contribution < -0.4 is 5.73 Å². The Hall–Kier alpha value is -2.41. The van der Waals surface area contributed by atoms with Crippen LogP contribution in [-0.2, 0) is 17.8 Å². The van der Waals surface area contributed by atoms with Gasteiger partial charge in [-0.25, -0.2) is 0 Å². The molecule has 0 bridgehead atoms. The second kappa shape index (κ2) is 7.23. The Kier molecular flexibility index (Phi) is 5.03. The van der Waals surface area contributed by atoms with Crippen molar-refractivity contribution in [3.05, 3.63) is 65.2 Å². The van der Waals surface area contributed by atoms with Crippen LogP contribution >= 0.6 is 11.8 Å². The van der Waals surface area contributed by atoms with E-state index in [0.717, 1.165) is 11.1 Å². The molecule has 2 aromatic rings. The Bertz CT molecular complexity index is 796. The summed E-state index contributed by atoms with van der Waals surface area (Å²) in [4.78, 5) is 26.5. The van der Waals surface area contributed by atoms with Crippen molar-refractivity contribution in [1.82, 2.24) is 4.90 Å². The lowest BCUT2D eigenvalue weighted by Gasteiger charge is -2.35. The number of carbonyl (C=O) groups is 2. The summed E-state index contributed by atoms with van der Waals surface area (Å²) in [7, 11) is 0. The topological polar surface area (TPSA) is 63.4 Å². The lowest BCUT2D eigenvalue weighted by molar-refractivity contribution is -0.122. The highest BCUT2D eigenvalue weighted by molar-refractivity contribution is 7.99. The van der Waals surface area contributed by atoms with E-state index >= 15 is 0 Å². The van der Waals surface area contributed by atoms with E-state index in [1.807, 2.05) is 24.3 Å². The lowest BCUT2D eigenvalue weighted by atomic mass is 9.93. The van der Waals surface area contributed by atoms with Gasteiger partial charge in [-0.15, -0.1) is 0 Å². The molecule has 0 fully saturated rings. The van der Waals surface area contributed by atoms with E-state index in [4.69, 9.17) is 5.73 Å². The fraction of sp³-hybridized carbons (Fsp3) is 0.222. The molecule has 1 aliphatic heterocycles. The van der Waals surface area contributed by atoms with Crippen molar-refractivity contribution in [3.63, 3.8) is 0 Å². The van der Waals surface area contributed by atoms with Crippen LogP contribution in [0, 0.1) is 0 Å². The van der Waals surface area contributed by atoms with Gasteiger partial charge in [-0.05, 0) is 35.4 Å². The molecule has 130 valence electrons. The number of amides is 2. The van der Waals surface area contributed by atoms with E-state index < -0.39 is 17.7 Å². The largest absolute Gasteiger partial charge is 0.368 e. The first kappa shape index (κ1) is 17.4. The first-order chi connectivity index (χ1) is 12.0. The summed E-state index contributed by atoms with van der Waals surface area (Å²) in [5, 5.41) is 0. The molecule has 0 spiro atoms. The maximum absolute atomic E-state index is 12.8. The molecule has 0 unspecified atom stereocenters. The molecule has 2 amide bonds. The Morgan fingerprint density at radius 1 is 1.08 bits per heavy atom. The number of benzene rings is 2. The number of fused-ring (bicyclic) bond motifs is 1. The summed E-state index contributed by atoms with van der Waals surface area (Å²) in [6.07, 6.45) is 0.372. The van der Waals surface area contributed by atoms with Gasteiger partial charge in [0.15, 0.2) is 0 Å². The maximum atomic E-state index is 12.8. The van der Waals surface area contributed by atoms with Crippen molar-refractivity contribution in [1.29, 1.82) is 0 Å². The maximum Gasteiger partial charge on any atom is 0.288 e. The molecule has 0 radical (unpaired) electrons.